The summed E-state index contributed by atoms with van der Waals surface area (Å²) in [5, 5.41) is 0. The minimum Gasteiger partial charge on any atom is -0.255 e. The number of fused-ring (bicyclic) bond motifs is 1. The summed E-state index contributed by atoms with van der Waals surface area (Å²) in [6.07, 6.45) is 2.59. The highest BCUT2D eigenvalue weighted by Crippen LogP contribution is 2.30. The smallest absolute Gasteiger partial charge is 0.255 e. The molecule has 0 amide bonds. The molecule has 0 aliphatic carbocycles. The molecule has 0 fully saturated rings. The molecular weight excluding hydrogens is 351 g/mol. The van der Waals surface area contributed by atoms with Crippen molar-refractivity contribution in [2.75, 3.05) is 0 Å². The van der Waals surface area contributed by atoms with Crippen LogP contribution in [0, 0.1) is 12.7 Å². The average molecular weight is 366 g/mol. The summed E-state index contributed by atoms with van der Waals surface area (Å²) in [5.41, 5.74) is 6.68. The highest BCUT2D eigenvalue weighted by atomic mass is 32.1. The van der Waals surface area contributed by atoms with Gasteiger partial charge in [-0.3, -0.25) is 9.98 Å². The Morgan fingerprint density at radius 3 is 2.50 bits per heavy atom. The van der Waals surface area contributed by atoms with Crippen LogP contribution in [0.25, 0.3) is 11.3 Å². The molecule has 0 bridgehead atoms. The van der Waals surface area contributed by atoms with Gasteiger partial charge in [-0.1, -0.05) is 29.8 Å². The van der Waals surface area contributed by atoms with Gasteiger partial charge < -0.3 is 0 Å². The Kier molecular flexibility index (Phi) is 5.43. The number of aryl methyl sites for hydroxylation is 1. The molecule has 0 saturated heterocycles. The van der Waals surface area contributed by atoms with E-state index < -0.39 is 11.6 Å². The Morgan fingerprint density at radius 2 is 1.81 bits per heavy atom. The predicted octanol–water partition coefficient (Wildman–Crippen LogP) is 4.20. The van der Waals surface area contributed by atoms with Crippen molar-refractivity contribution >= 4 is 23.0 Å². The quantitative estimate of drug-likeness (QED) is 0.683. The molecule has 26 heavy (non-hydrogen) atoms. The second-order valence-electron chi connectivity index (χ2n) is 5.85. The molecule has 0 unspecified atom stereocenters. The zero-order valence-corrected chi connectivity index (χ0v) is 14.8. The first-order chi connectivity index (χ1) is 12.6. The number of aromatic nitrogens is 1. The fraction of sp³-hybridized carbons (Fsp3) is 0.100. The van der Waals surface area contributed by atoms with Crippen LogP contribution in [0.1, 0.15) is 16.7 Å². The van der Waals surface area contributed by atoms with E-state index in [2.05, 4.69) is 35.1 Å². The zero-order valence-electron chi connectivity index (χ0n) is 14.0. The summed E-state index contributed by atoms with van der Waals surface area (Å²) < 4.78 is 30.4. The third-order valence-electron chi connectivity index (χ3n) is 4.09. The molecule has 4 nitrogen and oxygen atoms in total. The Hall–Kier alpha value is -2.99. The Balaban J connectivity index is 0.000000613. The maximum absolute atomic E-state index is 13.8. The normalized spacial score (nSPS) is 11.8. The number of aliphatic imine (C=N–C) groups is 1. The third kappa shape index (κ3) is 3.81. The van der Waals surface area contributed by atoms with E-state index in [1.54, 1.807) is 18.3 Å². The van der Waals surface area contributed by atoms with E-state index in [1.807, 2.05) is 18.2 Å². The topological polar surface area (TPSA) is 59.4 Å². The number of hydrogen-bond donors (Lipinski definition) is 0. The zero-order chi connectivity index (χ0) is 18.5. The summed E-state index contributed by atoms with van der Waals surface area (Å²) in [6, 6.07) is 16.8. The van der Waals surface area contributed by atoms with Crippen molar-refractivity contribution in [3.8, 4) is 11.3 Å². The van der Waals surface area contributed by atoms with Crippen LogP contribution >= 0.6 is 0 Å². The van der Waals surface area contributed by atoms with Gasteiger partial charge in [0.15, 0.2) is 0 Å². The van der Waals surface area contributed by atoms with Crippen molar-refractivity contribution in [1.82, 2.24) is 4.98 Å². The van der Waals surface area contributed by atoms with Crippen LogP contribution in [0.15, 0.2) is 65.8 Å². The largest absolute Gasteiger partial charge is 0.335 e. The van der Waals surface area contributed by atoms with Crippen LogP contribution in [-0.2, 0) is 18.0 Å². The summed E-state index contributed by atoms with van der Waals surface area (Å²) in [4.78, 5) is 9.10. The molecule has 0 saturated carbocycles. The Morgan fingerprint density at radius 1 is 1.04 bits per heavy atom. The minimum atomic E-state index is -0.750. The standard InChI is InChI=1S/C20H15FN2.O2S/c1-13-6-8-18-15(10-13)11-20(23-18)14-7-9-19(22-12-14)16-4-2-3-5-17(16)21;1-3-2/h2-10,12H,11H2,1H3;. The molecule has 1 aliphatic heterocycles. The van der Waals surface area contributed by atoms with Gasteiger partial charge in [-0.15, -0.1) is 0 Å². The lowest BCUT2D eigenvalue weighted by atomic mass is 10.0. The lowest BCUT2D eigenvalue weighted by Crippen LogP contribution is -2.01. The summed E-state index contributed by atoms with van der Waals surface area (Å²) in [5.74, 6) is -0.256. The molecule has 1 aromatic heterocycles. The second-order valence-corrected chi connectivity index (χ2v) is 5.98. The fourth-order valence-electron chi connectivity index (χ4n) is 2.89. The molecule has 0 atom stereocenters. The lowest BCUT2D eigenvalue weighted by Gasteiger charge is -2.04. The van der Waals surface area contributed by atoms with Crippen molar-refractivity contribution in [2.24, 2.45) is 4.99 Å². The van der Waals surface area contributed by atoms with E-state index in [1.165, 1.54) is 17.2 Å². The van der Waals surface area contributed by atoms with Crippen molar-refractivity contribution in [1.29, 1.82) is 0 Å². The van der Waals surface area contributed by atoms with Crippen molar-refractivity contribution in [3.05, 3.63) is 83.3 Å². The molecule has 0 radical (unpaired) electrons. The second kappa shape index (κ2) is 7.93. The van der Waals surface area contributed by atoms with Crippen LogP contribution in [0.2, 0.25) is 0 Å². The fourth-order valence-corrected chi connectivity index (χ4v) is 2.89. The average Bonchev–Trinajstić information content (AvgIpc) is 3.06. The number of benzene rings is 2. The highest BCUT2D eigenvalue weighted by Gasteiger charge is 2.16. The Labute approximate surface area is 154 Å². The monoisotopic (exact) mass is 366 g/mol. The van der Waals surface area contributed by atoms with Crippen LogP contribution in [-0.4, -0.2) is 19.1 Å². The van der Waals surface area contributed by atoms with E-state index in [-0.39, 0.29) is 5.82 Å². The van der Waals surface area contributed by atoms with Gasteiger partial charge >= 0.3 is 11.6 Å². The number of nitrogens with zero attached hydrogens (tertiary/aromatic N) is 2. The van der Waals surface area contributed by atoms with Gasteiger partial charge in [-0.2, -0.15) is 8.42 Å². The first-order valence-corrected chi connectivity index (χ1v) is 8.59. The molecule has 1 aliphatic rings. The van der Waals surface area contributed by atoms with E-state index in [0.29, 0.717) is 11.3 Å². The molecule has 2 heterocycles. The van der Waals surface area contributed by atoms with Crippen LogP contribution < -0.4 is 0 Å². The van der Waals surface area contributed by atoms with E-state index in [0.717, 1.165) is 23.4 Å². The van der Waals surface area contributed by atoms with Gasteiger partial charge in [0.25, 0.3) is 0 Å². The van der Waals surface area contributed by atoms with E-state index in [9.17, 15) is 4.39 Å². The summed E-state index contributed by atoms with van der Waals surface area (Å²) >= 11 is -0.750. The van der Waals surface area contributed by atoms with Crippen LogP contribution in [0.3, 0.4) is 0 Å². The van der Waals surface area contributed by atoms with E-state index >= 15 is 0 Å². The van der Waals surface area contributed by atoms with E-state index in [4.69, 9.17) is 8.42 Å². The predicted molar refractivity (Wildman–Crippen MR) is 99.6 cm³/mol. The van der Waals surface area contributed by atoms with Crippen LogP contribution in [0.4, 0.5) is 10.1 Å². The number of rotatable bonds is 2. The lowest BCUT2D eigenvalue weighted by molar-refractivity contribution is 0.629. The molecule has 6 heteroatoms. The van der Waals surface area contributed by atoms with Gasteiger partial charge in [0.05, 0.1) is 17.1 Å². The number of pyridine rings is 1. The summed E-state index contributed by atoms with van der Waals surface area (Å²) in [7, 11) is 0. The molecule has 0 N–H and O–H groups in total. The first kappa shape index (κ1) is 17.8. The SMILES string of the molecule is Cc1ccc2c(c1)CC(c1ccc(-c3ccccc3F)nc1)=N2.O=S=O. The van der Waals surface area contributed by atoms with Crippen molar-refractivity contribution in [3.63, 3.8) is 0 Å². The minimum absolute atomic E-state index is 0.256. The molecule has 0 spiro atoms. The van der Waals surface area contributed by atoms with Gasteiger partial charge in [-0.05, 0) is 42.8 Å². The maximum atomic E-state index is 13.8. The molecule has 130 valence electrons. The van der Waals surface area contributed by atoms with Gasteiger partial charge in [0.2, 0.25) is 0 Å². The van der Waals surface area contributed by atoms with Gasteiger partial charge in [0, 0.05) is 23.7 Å². The number of halogens is 1. The summed E-state index contributed by atoms with van der Waals surface area (Å²) in [6.45, 7) is 2.09. The first-order valence-electron chi connectivity index (χ1n) is 7.92. The maximum Gasteiger partial charge on any atom is 0.335 e. The number of hydrogen-bond acceptors (Lipinski definition) is 4. The highest BCUT2D eigenvalue weighted by molar-refractivity contribution is 7.51. The Bertz CT molecular complexity index is 1010. The molecular formula is C20H15FN2O2S. The molecule has 2 aromatic carbocycles. The third-order valence-corrected chi connectivity index (χ3v) is 4.09. The van der Waals surface area contributed by atoms with Crippen molar-refractivity contribution < 1.29 is 12.8 Å². The van der Waals surface area contributed by atoms with Crippen LogP contribution in [0.5, 0.6) is 0 Å². The van der Waals surface area contributed by atoms with Gasteiger partial charge in [0.1, 0.15) is 5.82 Å². The molecule has 3 aromatic rings. The van der Waals surface area contributed by atoms with Gasteiger partial charge in [-0.25, -0.2) is 4.39 Å². The van der Waals surface area contributed by atoms with Crippen molar-refractivity contribution in [2.45, 2.75) is 13.3 Å². The molecule has 4 rings (SSSR count).